The molecule has 0 spiro atoms. The van der Waals surface area contributed by atoms with Crippen molar-refractivity contribution >= 4 is 5.91 Å². The van der Waals surface area contributed by atoms with Crippen LogP contribution in [0.2, 0.25) is 0 Å². The minimum absolute atomic E-state index is 0.0820. The molecule has 4 heteroatoms. The van der Waals surface area contributed by atoms with Crippen molar-refractivity contribution in [1.29, 1.82) is 0 Å². The largest absolute Gasteiger partial charge is 0.388 e. The zero-order valence-electron chi connectivity index (χ0n) is 10.8. The SMILES string of the molecule is COC(C(=O)N1CCC(C)(O)C1)c1ccccc1. The van der Waals surface area contributed by atoms with E-state index in [9.17, 15) is 9.90 Å². The van der Waals surface area contributed by atoms with E-state index in [-0.39, 0.29) is 5.91 Å². The number of aliphatic hydroxyl groups is 1. The third kappa shape index (κ3) is 2.71. The van der Waals surface area contributed by atoms with Crippen molar-refractivity contribution in [3.8, 4) is 0 Å². The molecule has 0 bridgehead atoms. The summed E-state index contributed by atoms with van der Waals surface area (Å²) in [7, 11) is 1.53. The molecule has 1 aliphatic heterocycles. The van der Waals surface area contributed by atoms with Crippen LogP contribution < -0.4 is 0 Å². The first kappa shape index (κ1) is 13.1. The van der Waals surface area contributed by atoms with E-state index in [4.69, 9.17) is 4.74 Å². The Morgan fingerprint density at radius 3 is 2.61 bits per heavy atom. The molecule has 1 aromatic carbocycles. The molecule has 1 aromatic rings. The third-order valence-electron chi connectivity index (χ3n) is 3.33. The van der Waals surface area contributed by atoms with Crippen LogP contribution in [0.4, 0.5) is 0 Å². The normalized spacial score (nSPS) is 25.2. The zero-order chi connectivity index (χ0) is 13.2. The van der Waals surface area contributed by atoms with Crippen LogP contribution in [0.15, 0.2) is 30.3 Å². The maximum Gasteiger partial charge on any atom is 0.256 e. The van der Waals surface area contributed by atoms with Crippen LogP contribution >= 0.6 is 0 Å². The van der Waals surface area contributed by atoms with Crippen LogP contribution in [0.1, 0.15) is 25.0 Å². The smallest absolute Gasteiger partial charge is 0.256 e. The molecule has 1 N–H and O–H groups in total. The Kier molecular flexibility index (Phi) is 3.68. The average Bonchev–Trinajstić information content (AvgIpc) is 2.72. The molecule has 0 aliphatic carbocycles. The molecule has 1 saturated heterocycles. The second-order valence-electron chi connectivity index (χ2n) is 5.03. The highest BCUT2D eigenvalue weighted by Gasteiger charge is 2.36. The van der Waals surface area contributed by atoms with Crippen LogP contribution in [-0.4, -0.2) is 41.7 Å². The summed E-state index contributed by atoms with van der Waals surface area (Å²) in [6.45, 7) is 2.71. The number of nitrogens with zero attached hydrogens (tertiary/aromatic N) is 1. The maximum atomic E-state index is 12.4. The molecule has 2 atom stereocenters. The maximum absolute atomic E-state index is 12.4. The van der Waals surface area contributed by atoms with E-state index in [0.717, 1.165) is 5.56 Å². The zero-order valence-corrected chi connectivity index (χ0v) is 10.8. The topological polar surface area (TPSA) is 49.8 Å². The van der Waals surface area contributed by atoms with Crippen molar-refractivity contribution in [3.05, 3.63) is 35.9 Å². The van der Waals surface area contributed by atoms with E-state index in [0.29, 0.717) is 19.5 Å². The second-order valence-corrected chi connectivity index (χ2v) is 5.03. The summed E-state index contributed by atoms with van der Waals surface area (Å²) in [5, 5.41) is 9.90. The summed E-state index contributed by atoms with van der Waals surface area (Å²) >= 11 is 0. The number of ether oxygens (including phenoxy) is 1. The highest BCUT2D eigenvalue weighted by molar-refractivity contribution is 5.82. The summed E-state index contributed by atoms with van der Waals surface area (Å²) in [6, 6.07) is 9.42. The molecule has 2 unspecified atom stereocenters. The van der Waals surface area contributed by atoms with Crippen LogP contribution in [0, 0.1) is 0 Å². The number of β-amino-alcohol motifs (C(OH)–C–C–N with tert-alkyl or cyclic N) is 1. The lowest BCUT2D eigenvalue weighted by Crippen LogP contribution is -2.37. The van der Waals surface area contributed by atoms with Crippen molar-refractivity contribution in [3.63, 3.8) is 0 Å². The van der Waals surface area contributed by atoms with E-state index in [1.165, 1.54) is 7.11 Å². The fraction of sp³-hybridized carbons (Fsp3) is 0.500. The van der Waals surface area contributed by atoms with Gasteiger partial charge in [0.2, 0.25) is 0 Å². The van der Waals surface area contributed by atoms with Crippen LogP contribution in [0.5, 0.6) is 0 Å². The van der Waals surface area contributed by atoms with Crippen LogP contribution in [0.3, 0.4) is 0 Å². The monoisotopic (exact) mass is 249 g/mol. The molecule has 1 amide bonds. The van der Waals surface area contributed by atoms with Gasteiger partial charge >= 0.3 is 0 Å². The predicted molar refractivity (Wildman–Crippen MR) is 68.0 cm³/mol. The van der Waals surface area contributed by atoms with Crippen LogP contribution in [0.25, 0.3) is 0 Å². The van der Waals surface area contributed by atoms with Gasteiger partial charge in [0.05, 0.1) is 5.60 Å². The summed E-state index contributed by atoms with van der Waals surface area (Å²) in [4.78, 5) is 14.0. The fourth-order valence-electron chi connectivity index (χ4n) is 2.31. The van der Waals surface area contributed by atoms with Gasteiger partial charge in [0, 0.05) is 20.2 Å². The van der Waals surface area contributed by atoms with Gasteiger partial charge in [0.1, 0.15) is 0 Å². The molecule has 0 radical (unpaired) electrons. The molecule has 4 nitrogen and oxygen atoms in total. The van der Waals surface area contributed by atoms with E-state index in [1.54, 1.807) is 11.8 Å². The number of amides is 1. The van der Waals surface area contributed by atoms with Gasteiger partial charge in [-0.3, -0.25) is 4.79 Å². The van der Waals surface area contributed by atoms with Crippen molar-refractivity contribution in [2.24, 2.45) is 0 Å². The van der Waals surface area contributed by atoms with Gasteiger partial charge in [-0.05, 0) is 18.9 Å². The first-order valence-electron chi connectivity index (χ1n) is 6.12. The third-order valence-corrected chi connectivity index (χ3v) is 3.33. The number of methoxy groups -OCH3 is 1. The Labute approximate surface area is 107 Å². The van der Waals surface area contributed by atoms with Gasteiger partial charge in [-0.15, -0.1) is 0 Å². The number of hydrogen-bond acceptors (Lipinski definition) is 3. The Bertz CT molecular complexity index is 416. The summed E-state index contributed by atoms with van der Waals surface area (Å²) in [5.41, 5.74) is 0.0708. The fourth-order valence-corrected chi connectivity index (χ4v) is 2.31. The molecular weight excluding hydrogens is 230 g/mol. The lowest BCUT2D eigenvalue weighted by atomic mass is 10.1. The summed E-state index contributed by atoms with van der Waals surface area (Å²) < 4.78 is 5.31. The van der Waals surface area contributed by atoms with Crippen molar-refractivity contribution in [2.45, 2.75) is 25.0 Å². The predicted octanol–water partition coefficient (Wildman–Crippen LogP) is 1.36. The van der Waals surface area contributed by atoms with Crippen molar-refractivity contribution in [1.82, 2.24) is 4.90 Å². The van der Waals surface area contributed by atoms with Gasteiger partial charge in [-0.1, -0.05) is 30.3 Å². The van der Waals surface area contributed by atoms with E-state index < -0.39 is 11.7 Å². The molecule has 1 aliphatic rings. The highest BCUT2D eigenvalue weighted by atomic mass is 16.5. The minimum atomic E-state index is -0.773. The number of hydrogen-bond donors (Lipinski definition) is 1. The molecule has 1 heterocycles. The molecule has 0 saturated carbocycles. The molecule has 2 rings (SSSR count). The van der Waals surface area contributed by atoms with Gasteiger partial charge in [0.25, 0.3) is 5.91 Å². The Hall–Kier alpha value is -1.39. The van der Waals surface area contributed by atoms with E-state index >= 15 is 0 Å². The van der Waals surface area contributed by atoms with E-state index in [1.807, 2.05) is 30.3 Å². The number of carbonyl (C=O) groups excluding carboxylic acids is 1. The van der Waals surface area contributed by atoms with Crippen molar-refractivity contribution < 1.29 is 14.6 Å². The van der Waals surface area contributed by atoms with Crippen LogP contribution in [-0.2, 0) is 9.53 Å². The molecule has 98 valence electrons. The van der Waals surface area contributed by atoms with Gasteiger partial charge in [-0.25, -0.2) is 0 Å². The summed E-state index contributed by atoms with van der Waals surface area (Å²) in [5.74, 6) is -0.0820. The lowest BCUT2D eigenvalue weighted by Gasteiger charge is -2.23. The first-order valence-corrected chi connectivity index (χ1v) is 6.12. The quantitative estimate of drug-likeness (QED) is 0.880. The molecular formula is C14H19NO3. The van der Waals surface area contributed by atoms with Gasteiger partial charge < -0.3 is 14.7 Å². The first-order chi connectivity index (χ1) is 8.53. The van der Waals surface area contributed by atoms with Gasteiger partial charge in [-0.2, -0.15) is 0 Å². The number of likely N-dealkylation sites (tertiary alicyclic amines) is 1. The number of rotatable bonds is 3. The Balaban J connectivity index is 2.12. The standard InChI is InChI=1S/C14H19NO3/c1-14(17)8-9-15(10-14)13(16)12(18-2)11-6-4-3-5-7-11/h3-7,12,17H,8-10H2,1-2H3. The van der Waals surface area contributed by atoms with Gasteiger partial charge in [0.15, 0.2) is 6.10 Å². The second kappa shape index (κ2) is 5.08. The average molecular weight is 249 g/mol. The summed E-state index contributed by atoms with van der Waals surface area (Å²) in [6.07, 6.45) is 0.0318. The highest BCUT2D eigenvalue weighted by Crippen LogP contribution is 2.25. The van der Waals surface area contributed by atoms with E-state index in [2.05, 4.69) is 0 Å². The Morgan fingerprint density at radius 1 is 1.44 bits per heavy atom. The molecule has 0 aromatic heterocycles. The molecule has 1 fully saturated rings. The lowest BCUT2D eigenvalue weighted by molar-refractivity contribution is -0.142. The number of carbonyl (C=O) groups is 1. The van der Waals surface area contributed by atoms with Crippen molar-refractivity contribution in [2.75, 3.05) is 20.2 Å². The molecule has 18 heavy (non-hydrogen) atoms. The number of benzene rings is 1. The minimum Gasteiger partial charge on any atom is -0.388 e. The Morgan fingerprint density at radius 2 is 2.11 bits per heavy atom.